The van der Waals surface area contributed by atoms with Crippen LogP contribution in [0.1, 0.15) is 22.5 Å². The van der Waals surface area contributed by atoms with Crippen LogP contribution in [-0.4, -0.2) is 27.4 Å². The first-order valence-electron chi connectivity index (χ1n) is 6.25. The molecule has 0 fully saturated rings. The third kappa shape index (κ3) is 2.69. The zero-order valence-electron chi connectivity index (χ0n) is 10.8. The van der Waals surface area contributed by atoms with E-state index < -0.39 is 5.97 Å². The predicted octanol–water partition coefficient (Wildman–Crippen LogP) is 2.54. The van der Waals surface area contributed by atoms with E-state index in [0.29, 0.717) is 18.5 Å². The van der Waals surface area contributed by atoms with Crippen molar-refractivity contribution < 1.29 is 15.0 Å². The number of carboxylic acids is 1. The van der Waals surface area contributed by atoms with Gasteiger partial charge < -0.3 is 14.8 Å². The van der Waals surface area contributed by atoms with Crippen LogP contribution in [0.15, 0.2) is 36.4 Å². The van der Waals surface area contributed by atoms with E-state index in [1.807, 2.05) is 34.9 Å². The fourth-order valence-corrected chi connectivity index (χ4v) is 2.23. The molecule has 0 bridgehead atoms. The minimum absolute atomic E-state index is 0.0915. The van der Waals surface area contributed by atoms with E-state index in [4.69, 9.17) is 5.11 Å². The maximum atomic E-state index is 11.2. The number of aliphatic hydroxyl groups is 1. The summed E-state index contributed by atoms with van der Waals surface area (Å²) in [6, 6.07) is 11.4. The third-order valence-corrected chi connectivity index (χ3v) is 3.21. The Morgan fingerprint density at radius 2 is 1.95 bits per heavy atom. The Bertz CT molecular complexity index is 573. The van der Waals surface area contributed by atoms with E-state index in [2.05, 4.69) is 0 Å². The van der Waals surface area contributed by atoms with Crippen LogP contribution >= 0.6 is 0 Å². The Hall–Kier alpha value is -2.07. The predicted molar refractivity (Wildman–Crippen MR) is 73.3 cm³/mol. The van der Waals surface area contributed by atoms with E-state index in [1.54, 1.807) is 13.0 Å². The quantitative estimate of drug-likeness (QED) is 0.867. The van der Waals surface area contributed by atoms with Gasteiger partial charge in [0.05, 0.1) is 5.56 Å². The lowest BCUT2D eigenvalue weighted by molar-refractivity contribution is 0.0696. The molecular formula is C15H17NO3. The number of aromatic nitrogens is 1. The van der Waals surface area contributed by atoms with Crippen molar-refractivity contribution in [3.8, 4) is 11.3 Å². The van der Waals surface area contributed by atoms with Gasteiger partial charge in [0.25, 0.3) is 0 Å². The molecule has 1 aromatic carbocycles. The third-order valence-electron chi connectivity index (χ3n) is 3.21. The highest BCUT2D eigenvalue weighted by molar-refractivity contribution is 5.91. The normalized spacial score (nSPS) is 10.6. The van der Waals surface area contributed by atoms with E-state index in [0.717, 1.165) is 17.0 Å². The lowest BCUT2D eigenvalue weighted by Crippen LogP contribution is -2.06. The van der Waals surface area contributed by atoms with E-state index in [9.17, 15) is 9.90 Å². The molecule has 2 N–H and O–H groups in total. The zero-order valence-corrected chi connectivity index (χ0v) is 10.8. The zero-order chi connectivity index (χ0) is 13.8. The maximum Gasteiger partial charge on any atom is 0.337 e. The van der Waals surface area contributed by atoms with Gasteiger partial charge in [0.1, 0.15) is 0 Å². The van der Waals surface area contributed by atoms with Crippen molar-refractivity contribution in [3.05, 3.63) is 47.7 Å². The molecule has 0 aliphatic heterocycles. The summed E-state index contributed by atoms with van der Waals surface area (Å²) in [7, 11) is 0. The van der Waals surface area contributed by atoms with E-state index >= 15 is 0 Å². The molecule has 19 heavy (non-hydrogen) atoms. The highest BCUT2D eigenvalue weighted by Crippen LogP contribution is 2.26. The van der Waals surface area contributed by atoms with Crippen LogP contribution in [0.2, 0.25) is 0 Å². The lowest BCUT2D eigenvalue weighted by Gasteiger charge is -2.11. The number of carbonyl (C=O) groups is 1. The molecule has 0 radical (unpaired) electrons. The molecule has 0 amide bonds. The van der Waals surface area contributed by atoms with Crippen LogP contribution in [0.3, 0.4) is 0 Å². The molecule has 1 aromatic heterocycles. The monoisotopic (exact) mass is 259 g/mol. The summed E-state index contributed by atoms with van der Waals surface area (Å²) in [6.07, 6.45) is 0.606. The molecule has 2 rings (SSSR count). The van der Waals surface area contributed by atoms with Crippen LogP contribution < -0.4 is 0 Å². The first-order chi connectivity index (χ1) is 9.15. The molecule has 4 nitrogen and oxygen atoms in total. The Morgan fingerprint density at radius 3 is 2.53 bits per heavy atom. The second-order valence-electron chi connectivity index (χ2n) is 4.43. The average molecular weight is 259 g/mol. The highest BCUT2D eigenvalue weighted by atomic mass is 16.4. The number of aliphatic hydroxyl groups excluding tert-OH is 1. The molecule has 0 spiro atoms. The Kier molecular flexibility index (Phi) is 4.02. The minimum atomic E-state index is -0.919. The van der Waals surface area contributed by atoms with Gasteiger partial charge in [-0.25, -0.2) is 4.79 Å². The molecule has 0 unspecified atom stereocenters. The lowest BCUT2D eigenvalue weighted by atomic mass is 10.1. The van der Waals surface area contributed by atoms with Crippen molar-refractivity contribution in [3.63, 3.8) is 0 Å². The molecule has 0 aliphatic carbocycles. The minimum Gasteiger partial charge on any atom is -0.478 e. The maximum absolute atomic E-state index is 11.2. The molecule has 1 heterocycles. The van der Waals surface area contributed by atoms with Crippen LogP contribution in [0, 0.1) is 6.92 Å². The summed E-state index contributed by atoms with van der Waals surface area (Å²) in [5, 5.41) is 18.2. The van der Waals surface area contributed by atoms with Crippen molar-refractivity contribution in [2.45, 2.75) is 19.9 Å². The summed E-state index contributed by atoms with van der Waals surface area (Å²) in [4.78, 5) is 11.2. The van der Waals surface area contributed by atoms with E-state index in [-0.39, 0.29) is 6.61 Å². The standard InChI is InChI=1S/C15H17NO3/c1-11-13(15(18)19)10-14(16(11)8-5-9-17)12-6-3-2-4-7-12/h2-4,6-7,10,17H,5,8-9H2,1H3,(H,18,19). The molecule has 2 aromatic rings. The highest BCUT2D eigenvalue weighted by Gasteiger charge is 2.17. The Balaban J connectivity index is 2.52. The van der Waals surface area contributed by atoms with E-state index in [1.165, 1.54) is 0 Å². The number of aromatic carboxylic acids is 1. The van der Waals surface area contributed by atoms with Gasteiger partial charge >= 0.3 is 5.97 Å². The summed E-state index contributed by atoms with van der Waals surface area (Å²) < 4.78 is 1.95. The number of nitrogens with zero attached hydrogens (tertiary/aromatic N) is 1. The molecular weight excluding hydrogens is 242 g/mol. The van der Waals surface area contributed by atoms with Gasteiger partial charge in [0, 0.05) is 24.5 Å². The molecule has 0 aliphatic rings. The number of benzene rings is 1. The average Bonchev–Trinajstić information content (AvgIpc) is 2.75. The number of hydrogen-bond donors (Lipinski definition) is 2. The number of hydrogen-bond acceptors (Lipinski definition) is 2. The van der Waals surface area contributed by atoms with Crippen molar-refractivity contribution in [2.24, 2.45) is 0 Å². The second-order valence-corrected chi connectivity index (χ2v) is 4.43. The van der Waals surface area contributed by atoms with Crippen LogP contribution in [0.4, 0.5) is 0 Å². The van der Waals surface area contributed by atoms with Gasteiger partial charge in [0.15, 0.2) is 0 Å². The van der Waals surface area contributed by atoms with Crippen molar-refractivity contribution in [1.29, 1.82) is 0 Å². The van der Waals surface area contributed by atoms with Crippen molar-refractivity contribution in [1.82, 2.24) is 4.57 Å². The number of carboxylic acid groups (broad SMARTS) is 1. The van der Waals surface area contributed by atoms with Crippen molar-refractivity contribution >= 4 is 5.97 Å². The summed E-state index contributed by atoms with van der Waals surface area (Å²) in [5.41, 5.74) is 2.90. The first-order valence-corrected chi connectivity index (χ1v) is 6.25. The van der Waals surface area contributed by atoms with Gasteiger partial charge in [-0.2, -0.15) is 0 Å². The molecule has 0 saturated heterocycles. The smallest absolute Gasteiger partial charge is 0.337 e. The summed E-state index contributed by atoms with van der Waals surface area (Å²) in [5.74, 6) is -0.919. The Labute approximate surface area is 111 Å². The van der Waals surface area contributed by atoms with Gasteiger partial charge in [-0.15, -0.1) is 0 Å². The number of rotatable bonds is 5. The fourth-order valence-electron chi connectivity index (χ4n) is 2.23. The summed E-state index contributed by atoms with van der Waals surface area (Å²) in [6.45, 7) is 2.50. The van der Waals surface area contributed by atoms with Crippen molar-refractivity contribution in [2.75, 3.05) is 6.61 Å². The SMILES string of the molecule is Cc1c(C(=O)O)cc(-c2ccccc2)n1CCCO. The molecule has 0 atom stereocenters. The first kappa shape index (κ1) is 13.4. The topological polar surface area (TPSA) is 62.5 Å². The fraction of sp³-hybridized carbons (Fsp3) is 0.267. The van der Waals surface area contributed by atoms with Gasteiger partial charge in [0.2, 0.25) is 0 Å². The second kappa shape index (κ2) is 5.71. The van der Waals surface area contributed by atoms with Crippen LogP contribution in [0.25, 0.3) is 11.3 Å². The van der Waals surface area contributed by atoms with Gasteiger partial charge in [-0.3, -0.25) is 0 Å². The van der Waals surface area contributed by atoms with Crippen LogP contribution in [-0.2, 0) is 6.54 Å². The summed E-state index contributed by atoms with van der Waals surface area (Å²) >= 11 is 0. The largest absolute Gasteiger partial charge is 0.478 e. The van der Waals surface area contributed by atoms with Gasteiger partial charge in [-0.05, 0) is 25.0 Å². The molecule has 100 valence electrons. The Morgan fingerprint density at radius 1 is 1.26 bits per heavy atom. The molecule has 0 saturated carbocycles. The molecule has 4 heteroatoms. The van der Waals surface area contributed by atoms with Crippen LogP contribution in [0.5, 0.6) is 0 Å². The van der Waals surface area contributed by atoms with Gasteiger partial charge in [-0.1, -0.05) is 30.3 Å².